The second kappa shape index (κ2) is 7.51. The molecule has 8 nitrogen and oxygen atoms in total. The van der Waals surface area contributed by atoms with Crippen LogP contribution >= 0.6 is 0 Å². The molecule has 0 saturated carbocycles. The molecule has 0 spiro atoms. The molecule has 1 atom stereocenters. The zero-order chi connectivity index (χ0) is 19.5. The van der Waals surface area contributed by atoms with E-state index in [4.69, 9.17) is 9.26 Å². The Kier molecular flexibility index (Phi) is 4.76. The van der Waals surface area contributed by atoms with Crippen LogP contribution in [0.3, 0.4) is 0 Å². The van der Waals surface area contributed by atoms with E-state index in [1.807, 2.05) is 54.2 Å². The van der Waals surface area contributed by atoms with Crippen LogP contribution in [0.25, 0.3) is 11.5 Å². The zero-order valence-electron chi connectivity index (χ0n) is 15.8. The van der Waals surface area contributed by atoms with Crippen molar-refractivity contribution in [1.29, 1.82) is 0 Å². The van der Waals surface area contributed by atoms with Gasteiger partial charge in [0.15, 0.2) is 5.82 Å². The van der Waals surface area contributed by atoms with Crippen molar-refractivity contribution < 1.29 is 9.26 Å². The van der Waals surface area contributed by atoms with Gasteiger partial charge in [0.05, 0.1) is 7.11 Å². The van der Waals surface area contributed by atoms with Crippen molar-refractivity contribution in [2.45, 2.75) is 13.0 Å². The maximum atomic E-state index is 5.57. The second-order valence-electron chi connectivity index (χ2n) is 6.29. The van der Waals surface area contributed by atoms with E-state index < -0.39 is 0 Å². The molecular weight excluding hydrogens is 356 g/mol. The number of benzene rings is 1. The van der Waals surface area contributed by atoms with Gasteiger partial charge in [-0.25, -0.2) is 9.97 Å². The Bertz CT molecular complexity index is 1090. The molecule has 0 bridgehead atoms. The quantitative estimate of drug-likeness (QED) is 0.551. The first-order valence-corrected chi connectivity index (χ1v) is 8.79. The summed E-state index contributed by atoms with van der Waals surface area (Å²) in [7, 11) is 3.61. The van der Waals surface area contributed by atoms with Gasteiger partial charge in [0, 0.05) is 36.8 Å². The van der Waals surface area contributed by atoms with Crippen molar-refractivity contribution in [1.82, 2.24) is 24.7 Å². The number of anilines is 1. The minimum atomic E-state index is -0.261. The normalized spacial score (nSPS) is 12.0. The summed E-state index contributed by atoms with van der Waals surface area (Å²) in [6, 6.07) is 11.3. The summed E-state index contributed by atoms with van der Waals surface area (Å²) in [5.41, 5.74) is 1.75. The first-order chi connectivity index (χ1) is 13.7. The Morgan fingerprint density at radius 2 is 2.00 bits per heavy atom. The van der Waals surface area contributed by atoms with Crippen LogP contribution in [-0.4, -0.2) is 31.8 Å². The van der Waals surface area contributed by atoms with Gasteiger partial charge >= 0.3 is 0 Å². The number of rotatable bonds is 6. The van der Waals surface area contributed by atoms with Gasteiger partial charge < -0.3 is 19.1 Å². The smallest absolute Gasteiger partial charge is 0.258 e. The predicted octanol–water partition coefficient (Wildman–Crippen LogP) is 3.38. The van der Waals surface area contributed by atoms with Crippen molar-refractivity contribution in [3.05, 3.63) is 72.2 Å². The molecule has 8 heteroatoms. The lowest BCUT2D eigenvalue weighted by atomic mass is 10.0. The highest BCUT2D eigenvalue weighted by atomic mass is 16.5. The summed E-state index contributed by atoms with van der Waals surface area (Å²) in [5, 5.41) is 7.32. The third-order valence-electron chi connectivity index (χ3n) is 4.39. The molecule has 0 aliphatic heterocycles. The molecule has 1 N–H and O–H groups in total. The molecule has 4 rings (SSSR count). The standard InChI is InChI=1S/C20H20N6O2/c1-13-23-20(28-25-13)14-8-9-21-17(12-14)24-18(19-22-10-11-26(19)2)15-6-4-5-7-16(15)27-3/h4-12,18H,1-3H3,(H,21,24). The Labute approximate surface area is 162 Å². The Balaban J connectivity index is 1.74. The molecule has 0 saturated heterocycles. The second-order valence-corrected chi connectivity index (χ2v) is 6.29. The van der Waals surface area contributed by atoms with Crippen LogP contribution in [0.5, 0.6) is 5.75 Å². The third kappa shape index (κ3) is 3.44. The summed E-state index contributed by atoms with van der Waals surface area (Å²) < 4.78 is 12.8. The number of methoxy groups -OCH3 is 1. The van der Waals surface area contributed by atoms with E-state index in [0.29, 0.717) is 17.5 Å². The number of nitrogens with one attached hydrogen (secondary N) is 1. The lowest BCUT2D eigenvalue weighted by Crippen LogP contribution is -2.18. The monoisotopic (exact) mass is 376 g/mol. The van der Waals surface area contributed by atoms with Gasteiger partial charge in [0.2, 0.25) is 0 Å². The molecular formula is C20H20N6O2. The van der Waals surface area contributed by atoms with Gasteiger partial charge in [-0.2, -0.15) is 4.98 Å². The highest BCUT2D eigenvalue weighted by Crippen LogP contribution is 2.32. The number of pyridine rings is 1. The van der Waals surface area contributed by atoms with Crippen LogP contribution in [0.2, 0.25) is 0 Å². The number of aromatic nitrogens is 5. The molecule has 1 aromatic carbocycles. The van der Waals surface area contributed by atoms with Gasteiger partial charge in [-0.05, 0) is 25.1 Å². The van der Waals surface area contributed by atoms with E-state index in [2.05, 4.69) is 25.4 Å². The van der Waals surface area contributed by atoms with Crippen LogP contribution in [0.4, 0.5) is 5.82 Å². The molecule has 0 radical (unpaired) electrons. The summed E-state index contributed by atoms with van der Waals surface area (Å²) in [6.07, 6.45) is 5.38. The van der Waals surface area contributed by atoms with E-state index in [-0.39, 0.29) is 6.04 Å². The maximum Gasteiger partial charge on any atom is 0.258 e. The molecule has 1 unspecified atom stereocenters. The number of aryl methyl sites for hydroxylation is 2. The average Bonchev–Trinajstić information content (AvgIpc) is 3.34. The van der Waals surface area contributed by atoms with E-state index in [1.54, 1.807) is 26.4 Å². The molecule has 0 amide bonds. The van der Waals surface area contributed by atoms with Crippen molar-refractivity contribution in [2.75, 3.05) is 12.4 Å². The van der Waals surface area contributed by atoms with Crippen molar-refractivity contribution >= 4 is 5.82 Å². The first-order valence-electron chi connectivity index (χ1n) is 8.79. The number of imidazole rings is 1. The van der Waals surface area contributed by atoms with Crippen molar-refractivity contribution in [3.8, 4) is 17.2 Å². The van der Waals surface area contributed by atoms with Gasteiger partial charge in [-0.3, -0.25) is 0 Å². The molecule has 3 heterocycles. The highest BCUT2D eigenvalue weighted by Gasteiger charge is 2.22. The predicted molar refractivity (Wildman–Crippen MR) is 104 cm³/mol. The molecule has 0 aliphatic carbocycles. The number of hydrogen-bond donors (Lipinski definition) is 1. The maximum absolute atomic E-state index is 5.57. The van der Waals surface area contributed by atoms with Crippen LogP contribution in [-0.2, 0) is 7.05 Å². The first kappa shape index (κ1) is 17.7. The fourth-order valence-corrected chi connectivity index (χ4v) is 3.05. The van der Waals surface area contributed by atoms with E-state index >= 15 is 0 Å². The van der Waals surface area contributed by atoms with Crippen molar-refractivity contribution in [2.24, 2.45) is 7.05 Å². The molecule has 4 aromatic rings. The fraction of sp³-hybridized carbons (Fsp3) is 0.200. The minimum absolute atomic E-state index is 0.261. The van der Waals surface area contributed by atoms with E-state index in [1.165, 1.54) is 0 Å². The zero-order valence-corrected chi connectivity index (χ0v) is 15.8. The number of para-hydroxylation sites is 1. The Morgan fingerprint density at radius 3 is 2.71 bits per heavy atom. The highest BCUT2D eigenvalue weighted by molar-refractivity contribution is 5.59. The van der Waals surface area contributed by atoms with Gasteiger partial charge in [-0.1, -0.05) is 23.4 Å². The number of nitrogens with zero attached hydrogens (tertiary/aromatic N) is 5. The van der Waals surface area contributed by atoms with Crippen molar-refractivity contribution in [3.63, 3.8) is 0 Å². The van der Waals surface area contributed by atoms with Gasteiger partial charge in [0.25, 0.3) is 5.89 Å². The average molecular weight is 376 g/mol. The lowest BCUT2D eigenvalue weighted by molar-refractivity contribution is 0.408. The Morgan fingerprint density at radius 1 is 1.14 bits per heavy atom. The molecule has 3 aromatic heterocycles. The Hall–Kier alpha value is -3.68. The summed E-state index contributed by atoms with van der Waals surface area (Å²) in [5.74, 6) is 3.30. The molecule has 0 fully saturated rings. The van der Waals surface area contributed by atoms with E-state index in [0.717, 1.165) is 22.7 Å². The van der Waals surface area contributed by atoms with Crippen LogP contribution in [0, 0.1) is 6.92 Å². The molecule has 142 valence electrons. The topological polar surface area (TPSA) is 90.9 Å². The largest absolute Gasteiger partial charge is 0.496 e. The third-order valence-corrected chi connectivity index (χ3v) is 4.39. The van der Waals surface area contributed by atoms with Crippen LogP contribution < -0.4 is 10.1 Å². The lowest BCUT2D eigenvalue weighted by Gasteiger charge is -2.21. The SMILES string of the molecule is COc1ccccc1C(Nc1cc(-c2nc(C)no2)ccn1)c1nccn1C. The summed E-state index contributed by atoms with van der Waals surface area (Å²) in [6.45, 7) is 1.78. The van der Waals surface area contributed by atoms with Crippen LogP contribution in [0.1, 0.15) is 23.3 Å². The van der Waals surface area contributed by atoms with Gasteiger partial charge in [0.1, 0.15) is 23.4 Å². The summed E-state index contributed by atoms with van der Waals surface area (Å²) >= 11 is 0. The summed E-state index contributed by atoms with van der Waals surface area (Å²) in [4.78, 5) is 13.3. The number of ether oxygens (including phenoxy) is 1. The fourth-order valence-electron chi connectivity index (χ4n) is 3.05. The van der Waals surface area contributed by atoms with Gasteiger partial charge in [-0.15, -0.1) is 0 Å². The molecule has 0 aliphatic rings. The molecule has 28 heavy (non-hydrogen) atoms. The number of hydrogen-bond acceptors (Lipinski definition) is 7. The van der Waals surface area contributed by atoms with Crippen LogP contribution in [0.15, 0.2) is 59.5 Å². The minimum Gasteiger partial charge on any atom is -0.496 e. The van der Waals surface area contributed by atoms with E-state index in [9.17, 15) is 0 Å².